The second-order valence-electron chi connectivity index (χ2n) is 4.90. The van der Waals surface area contributed by atoms with Crippen LogP contribution in [0.4, 0.5) is 4.39 Å². The number of aromatic nitrogens is 2. The van der Waals surface area contributed by atoms with Crippen molar-refractivity contribution in [2.45, 2.75) is 26.3 Å². The summed E-state index contributed by atoms with van der Waals surface area (Å²) < 4.78 is 15.2. The van der Waals surface area contributed by atoms with Crippen molar-refractivity contribution in [1.29, 1.82) is 0 Å². The van der Waals surface area contributed by atoms with Gasteiger partial charge in [-0.25, -0.2) is 4.39 Å². The van der Waals surface area contributed by atoms with Gasteiger partial charge in [-0.15, -0.1) is 0 Å². The van der Waals surface area contributed by atoms with Gasteiger partial charge in [0.1, 0.15) is 5.82 Å². The molecule has 1 unspecified atom stereocenters. The highest BCUT2D eigenvalue weighted by Gasteiger charge is 2.21. The van der Waals surface area contributed by atoms with Crippen LogP contribution in [0.1, 0.15) is 36.2 Å². The summed E-state index contributed by atoms with van der Waals surface area (Å²) in [6.07, 6.45) is 2.64. The van der Waals surface area contributed by atoms with Crippen LogP contribution in [-0.4, -0.2) is 16.3 Å². The SMILES string of the molecule is CCCNC(c1ccc(F)c(C)c1)c1c(Cl)cnn1C. The molecule has 108 valence electrons. The third kappa shape index (κ3) is 3.02. The molecule has 0 aliphatic heterocycles. The predicted octanol–water partition coefficient (Wildman–Crippen LogP) is 3.61. The first-order chi connectivity index (χ1) is 9.54. The first kappa shape index (κ1) is 15.0. The zero-order valence-electron chi connectivity index (χ0n) is 12.0. The molecule has 2 aromatic rings. The van der Waals surface area contributed by atoms with E-state index in [1.807, 2.05) is 13.1 Å². The molecule has 0 spiro atoms. The lowest BCUT2D eigenvalue weighted by atomic mass is 10.0. The van der Waals surface area contributed by atoms with E-state index in [-0.39, 0.29) is 11.9 Å². The quantitative estimate of drug-likeness (QED) is 0.913. The molecule has 1 heterocycles. The molecule has 0 aliphatic carbocycles. The summed E-state index contributed by atoms with van der Waals surface area (Å²) in [5, 5.41) is 8.24. The second-order valence-corrected chi connectivity index (χ2v) is 5.30. The smallest absolute Gasteiger partial charge is 0.126 e. The number of nitrogens with zero attached hydrogens (tertiary/aromatic N) is 2. The van der Waals surface area contributed by atoms with Crippen molar-refractivity contribution in [2.75, 3.05) is 6.54 Å². The van der Waals surface area contributed by atoms with Crippen molar-refractivity contribution < 1.29 is 4.39 Å². The molecule has 0 aliphatic rings. The van der Waals surface area contributed by atoms with Crippen molar-refractivity contribution in [1.82, 2.24) is 15.1 Å². The first-order valence-electron chi connectivity index (χ1n) is 6.71. The minimum atomic E-state index is -0.195. The Labute approximate surface area is 123 Å². The third-order valence-corrected chi connectivity index (χ3v) is 3.62. The van der Waals surface area contributed by atoms with Gasteiger partial charge in [0.2, 0.25) is 0 Å². The van der Waals surface area contributed by atoms with Crippen LogP contribution in [0.3, 0.4) is 0 Å². The van der Waals surface area contributed by atoms with Crippen molar-refractivity contribution >= 4 is 11.6 Å². The molecule has 0 fully saturated rings. The lowest BCUT2D eigenvalue weighted by Crippen LogP contribution is -2.25. The first-order valence-corrected chi connectivity index (χ1v) is 7.09. The Bertz CT molecular complexity index is 575. The molecule has 1 aromatic carbocycles. The van der Waals surface area contributed by atoms with Crippen LogP contribution < -0.4 is 5.32 Å². The van der Waals surface area contributed by atoms with Crippen LogP contribution in [0, 0.1) is 12.7 Å². The molecule has 2 rings (SSSR count). The maximum absolute atomic E-state index is 13.5. The average molecular weight is 296 g/mol. The summed E-state index contributed by atoms with van der Waals surface area (Å²) in [6, 6.07) is 5.05. The number of hydrogen-bond donors (Lipinski definition) is 1. The van der Waals surface area contributed by atoms with Crippen molar-refractivity contribution in [2.24, 2.45) is 7.05 Å². The fraction of sp³-hybridized carbons (Fsp3) is 0.400. The molecule has 20 heavy (non-hydrogen) atoms. The van der Waals surface area contributed by atoms with Crippen LogP contribution in [0.5, 0.6) is 0 Å². The highest BCUT2D eigenvalue weighted by atomic mass is 35.5. The molecule has 0 saturated carbocycles. The Morgan fingerprint density at radius 1 is 1.45 bits per heavy atom. The molecule has 1 N–H and O–H groups in total. The van der Waals surface area contributed by atoms with Crippen molar-refractivity contribution in [3.63, 3.8) is 0 Å². The molecule has 0 bridgehead atoms. The lowest BCUT2D eigenvalue weighted by molar-refractivity contribution is 0.551. The van der Waals surface area contributed by atoms with Crippen LogP contribution >= 0.6 is 11.6 Å². The van der Waals surface area contributed by atoms with Gasteiger partial charge in [-0.3, -0.25) is 4.68 Å². The molecule has 0 amide bonds. The fourth-order valence-corrected chi connectivity index (χ4v) is 2.53. The summed E-state index contributed by atoms with van der Waals surface area (Å²) in [4.78, 5) is 0. The monoisotopic (exact) mass is 295 g/mol. The van der Waals surface area contributed by atoms with Gasteiger partial charge in [0.15, 0.2) is 0 Å². The molecule has 1 aromatic heterocycles. The van der Waals surface area contributed by atoms with E-state index in [0.717, 1.165) is 24.2 Å². The zero-order chi connectivity index (χ0) is 14.7. The van der Waals surface area contributed by atoms with Crippen LogP contribution in [-0.2, 0) is 7.05 Å². The Kier molecular flexibility index (Phi) is 4.78. The van der Waals surface area contributed by atoms with E-state index in [4.69, 9.17) is 11.6 Å². The second kappa shape index (κ2) is 6.37. The summed E-state index contributed by atoms with van der Waals surface area (Å²) in [5.74, 6) is -0.195. The van der Waals surface area contributed by atoms with E-state index in [2.05, 4.69) is 17.3 Å². The van der Waals surface area contributed by atoms with Crippen LogP contribution in [0.15, 0.2) is 24.4 Å². The van der Waals surface area contributed by atoms with Gasteiger partial charge in [0, 0.05) is 7.05 Å². The zero-order valence-corrected chi connectivity index (χ0v) is 12.7. The molecule has 5 heteroatoms. The number of nitrogens with one attached hydrogen (secondary N) is 1. The fourth-order valence-electron chi connectivity index (χ4n) is 2.25. The molecule has 0 saturated heterocycles. The minimum absolute atomic E-state index is 0.0887. The Hall–Kier alpha value is -1.39. The normalized spacial score (nSPS) is 12.7. The van der Waals surface area contributed by atoms with Crippen LogP contribution in [0.25, 0.3) is 0 Å². The van der Waals surface area contributed by atoms with Crippen molar-refractivity contribution in [3.05, 3.63) is 52.1 Å². The van der Waals surface area contributed by atoms with Gasteiger partial charge >= 0.3 is 0 Å². The Morgan fingerprint density at radius 2 is 2.20 bits per heavy atom. The number of benzene rings is 1. The van der Waals surface area contributed by atoms with E-state index >= 15 is 0 Å². The molecule has 3 nitrogen and oxygen atoms in total. The Balaban J connectivity index is 2.44. The standard InChI is InChI=1S/C15H19ClFN3/c1-4-7-18-14(15-12(16)9-19-20(15)3)11-5-6-13(17)10(2)8-11/h5-6,8-9,14,18H,4,7H2,1-3H3. The van der Waals surface area contributed by atoms with Gasteiger partial charge in [-0.1, -0.05) is 30.7 Å². The maximum atomic E-state index is 13.5. The van der Waals surface area contributed by atoms with Gasteiger partial charge < -0.3 is 5.32 Å². The van der Waals surface area contributed by atoms with Gasteiger partial charge in [0.05, 0.1) is 23.0 Å². The summed E-state index contributed by atoms with van der Waals surface area (Å²) in [7, 11) is 1.86. The van der Waals surface area contributed by atoms with E-state index in [9.17, 15) is 4.39 Å². The van der Waals surface area contributed by atoms with E-state index in [1.54, 1.807) is 23.9 Å². The van der Waals surface area contributed by atoms with E-state index in [1.165, 1.54) is 6.07 Å². The molecule has 0 radical (unpaired) electrons. The highest BCUT2D eigenvalue weighted by Crippen LogP contribution is 2.28. The largest absolute Gasteiger partial charge is 0.305 e. The van der Waals surface area contributed by atoms with Gasteiger partial charge in [-0.05, 0) is 37.1 Å². The summed E-state index contributed by atoms with van der Waals surface area (Å²) in [5.41, 5.74) is 2.51. The molecular weight excluding hydrogens is 277 g/mol. The summed E-state index contributed by atoms with van der Waals surface area (Å²) >= 11 is 6.24. The summed E-state index contributed by atoms with van der Waals surface area (Å²) in [6.45, 7) is 4.72. The van der Waals surface area contributed by atoms with Gasteiger partial charge in [-0.2, -0.15) is 5.10 Å². The number of rotatable bonds is 5. The van der Waals surface area contributed by atoms with E-state index in [0.29, 0.717) is 10.6 Å². The predicted molar refractivity (Wildman–Crippen MR) is 79.5 cm³/mol. The average Bonchev–Trinajstić information content (AvgIpc) is 2.75. The van der Waals surface area contributed by atoms with Crippen LogP contribution in [0.2, 0.25) is 5.02 Å². The van der Waals surface area contributed by atoms with Gasteiger partial charge in [0.25, 0.3) is 0 Å². The lowest BCUT2D eigenvalue weighted by Gasteiger charge is -2.20. The van der Waals surface area contributed by atoms with Crippen molar-refractivity contribution in [3.8, 4) is 0 Å². The highest BCUT2D eigenvalue weighted by molar-refractivity contribution is 6.31. The maximum Gasteiger partial charge on any atom is 0.126 e. The Morgan fingerprint density at radius 3 is 2.75 bits per heavy atom. The topological polar surface area (TPSA) is 29.9 Å². The minimum Gasteiger partial charge on any atom is -0.305 e. The molecule has 1 atom stereocenters. The van der Waals surface area contributed by atoms with E-state index < -0.39 is 0 Å². The number of aryl methyl sites for hydroxylation is 2. The third-order valence-electron chi connectivity index (χ3n) is 3.32. The molecular formula is C15H19ClFN3. The number of hydrogen-bond acceptors (Lipinski definition) is 2. The number of halogens is 2.